The maximum absolute atomic E-state index is 13.9. The number of ether oxygens (including phenoxy) is 2. The molecule has 0 spiro atoms. The van der Waals surface area contributed by atoms with Crippen LogP contribution in [0.1, 0.15) is 29.3 Å². The molecule has 1 saturated heterocycles. The van der Waals surface area contributed by atoms with Gasteiger partial charge in [-0.05, 0) is 61.0 Å². The number of fused-ring (bicyclic) bond motifs is 3. The molecule has 6 heteroatoms. The van der Waals surface area contributed by atoms with E-state index in [1.165, 1.54) is 0 Å². The minimum atomic E-state index is -0.833. The average molecular weight is 505 g/mol. The fourth-order valence-corrected chi connectivity index (χ4v) is 5.83. The second-order valence-corrected chi connectivity index (χ2v) is 9.72. The Kier molecular flexibility index (Phi) is 5.87. The number of nitrogens with zero attached hydrogens (tertiary/aromatic N) is 2. The first-order valence-corrected chi connectivity index (χ1v) is 12.7. The molecular formula is C32H28N2O4. The fourth-order valence-electron chi connectivity index (χ4n) is 5.83. The first-order valence-electron chi connectivity index (χ1n) is 12.7. The number of anilines is 2. The van der Waals surface area contributed by atoms with Gasteiger partial charge in [0.25, 0.3) is 11.8 Å². The fraction of sp³-hybridized carbons (Fsp3) is 0.188. The summed E-state index contributed by atoms with van der Waals surface area (Å²) < 4.78 is 11.8. The van der Waals surface area contributed by atoms with Crippen LogP contribution < -0.4 is 19.3 Å². The second kappa shape index (κ2) is 9.38. The van der Waals surface area contributed by atoms with Crippen molar-refractivity contribution in [3.05, 3.63) is 120 Å². The Labute approximate surface area is 222 Å². The van der Waals surface area contributed by atoms with Gasteiger partial charge in [0, 0.05) is 18.0 Å². The summed E-state index contributed by atoms with van der Waals surface area (Å²) in [6.45, 7) is 2.04. The van der Waals surface area contributed by atoms with Crippen molar-refractivity contribution in [2.24, 2.45) is 0 Å². The quantitative estimate of drug-likeness (QED) is 0.321. The van der Waals surface area contributed by atoms with E-state index in [4.69, 9.17) is 9.47 Å². The summed E-state index contributed by atoms with van der Waals surface area (Å²) in [7, 11) is 1.63. The number of carbonyl (C=O) groups is 2. The summed E-state index contributed by atoms with van der Waals surface area (Å²) in [4.78, 5) is 31.5. The highest BCUT2D eigenvalue weighted by Gasteiger charge is 2.66. The van der Waals surface area contributed by atoms with Crippen LogP contribution in [0.5, 0.6) is 11.5 Å². The van der Waals surface area contributed by atoms with Crippen molar-refractivity contribution in [1.82, 2.24) is 0 Å². The van der Waals surface area contributed by atoms with Gasteiger partial charge >= 0.3 is 0 Å². The van der Waals surface area contributed by atoms with Gasteiger partial charge < -0.3 is 14.4 Å². The summed E-state index contributed by atoms with van der Waals surface area (Å²) in [6.07, 6.45) is -0.281. The number of hydrogen-bond acceptors (Lipinski definition) is 4. The number of rotatable bonds is 5. The number of carbonyl (C=O) groups excluding carboxylic acids is 2. The first kappa shape index (κ1) is 23.8. The maximum Gasteiger partial charge on any atom is 0.271 e. The van der Waals surface area contributed by atoms with Gasteiger partial charge in [0.05, 0.1) is 18.5 Å². The standard InChI is InChI=1S/C32H28N2O4/c1-22-21-32(24-17-19-25(37-2)20-18-24)29(38-26-13-7-4-8-14-26)31(36)34(32)28-16-10-9-15-27(28)33(22)30(35)23-11-5-3-6-12-23/h3-20,22,29H,21H2,1-2H3/t22-,29-,32-/m0/s1. The van der Waals surface area contributed by atoms with Crippen molar-refractivity contribution in [3.8, 4) is 11.5 Å². The number of benzene rings is 4. The zero-order valence-electron chi connectivity index (χ0n) is 21.3. The molecule has 2 aliphatic rings. The van der Waals surface area contributed by atoms with Gasteiger partial charge in [-0.3, -0.25) is 14.5 Å². The summed E-state index contributed by atoms with van der Waals surface area (Å²) in [5, 5.41) is 0. The number of amides is 2. The molecule has 0 radical (unpaired) electrons. The Hall–Kier alpha value is -4.58. The van der Waals surface area contributed by atoms with E-state index in [1.807, 2.05) is 126 Å². The van der Waals surface area contributed by atoms with E-state index < -0.39 is 11.6 Å². The van der Waals surface area contributed by atoms with Crippen LogP contribution in [0.15, 0.2) is 109 Å². The van der Waals surface area contributed by atoms with E-state index in [9.17, 15) is 9.59 Å². The third-order valence-electron chi connectivity index (χ3n) is 7.53. The molecular weight excluding hydrogens is 476 g/mol. The molecule has 0 aromatic heterocycles. The first-order chi connectivity index (χ1) is 18.5. The largest absolute Gasteiger partial charge is 0.497 e. The van der Waals surface area contributed by atoms with Crippen LogP contribution in [0.25, 0.3) is 0 Å². The predicted octanol–water partition coefficient (Wildman–Crippen LogP) is 5.82. The van der Waals surface area contributed by atoms with Crippen molar-refractivity contribution in [1.29, 1.82) is 0 Å². The Morgan fingerprint density at radius 3 is 2.05 bits per heavy atom. The van der Waals surface area contributed by atoms with E-state index in [2.05, 4.69) is 0 Å². The number of methoxy groups -OCH3 is 1. The topological polar surface area (TPSA) is 59.1 Å². The molecule has 38 heavy (non-hydrogen) atoms. The van der Waals surface area contributed by atoms with Crippen molar-refractivity contribution < 1.29 is 19.1 Å². The minimum absolute atomic E-state index is 0.106. The Morgan fingerprint density at radius 1 is 0.789 bits per heavy atom. The van der Waals surface area contributed by atoms with Crippen LogP contribution in [-0.2, 0) is 10.3 Å². The SMILES string of the molecule is COc1ccc([C@]23C[C@H](C)N(C(=O)c4ccccc4)c4ccccc4N2C(=O)[C@@H]3Oc2ccccc2)cc1. The van der Waals surface area contributed by atoms with E-state index in [0.717, 1.165) is 11.3 Å². The van der Waals surface area contributed by atoms with E-state index >= 15 is 0 Å². The predicted molar refractivity (Wildman–Crippen MR) is 147 cm³/mol. The molecule has 4 aromatic rings. The smallest absolute Gasteiger partial charge is 0.271 e. The molecule has 1 fully saturated rings. The van der Waals surface area contributed by atoms with Crippen LogP contribution in [0.4, 0.5) is 11.4 Å². The highest BCUT2D eigenvalue weighted by atomic mass is 16.5. The lowest BCUT2D eigenvalue weighted by Crippen LogP contribution is -2.75. The van der Waals surface area contributed by atoms with Crippen molar-refractivity contribution in [2.45, 2.75) is 31.0 Å². The summed E-state index contributed by atoms with van der Waals surface area (Å²) >= 11 is 0. The zero-order chi connectivity index (χ0) is 26.3. The zero-order valence-corrected chi connectivity index (χ0v) is 21.3. The molecule has 0 N–H and O–H groups in total. The molecule has 0 bridgehead atoms. The molecule has 6 nitrogen and oxygen atoms in total. The van der Waals surface area contributed by atoms with E-state index in [-0.39, 0.29) is 17.9 Å². The molecule has 2 amide bonds. The number of hydrogen-bond donors (Lipinski definition) is 0. The number of para-hydroxylation sites is 3. The van der Waals surface area contributed by atoms with Crippen LogP contribution >= 0.6 is 0 Å². The van der Waals surface area contributed by atoms with Gasteiger partial charge in [0.2, 0.25) is 6.10 Å². The Morgan fingerprint density at radius 2 is 1.39 bits per heavy atom. The lowest BCUT2D eigenvalue weighted by Gasteiger charge is -2.56. The Balaban J connectivity index is 1.53. The Bertz CT molecular complexity index is 1470. The van der Waals surface area contributed by atoms with Gasteiger partial charge in [-0.1, -0.05) is 60.7 Å². The molecule has 6 rings (SSSR count). The lowest BCUT2D eigenvalue weighted by molar-refractivity contribution is -0.142. The molecule has 0 unspecified atom stereocenters. The van der Waals surface area contributed by atoms with Gasteiger partial charge in [-0.15, -0.1) is 0 Å². The average Bonchev–Trinajstić information content (AvgIpc) is 3.07. The van der Waals surface area contributed by atoms with Gasteiger partial charge in [0.1, 0.15) is 17.0 Å². The van der Waals surface area contributed by atoms with Crippen LogP contribution in [0.3, 0.4) is 0 Å². The van der Waals surface area contributed by atoms with E-state index in [0.29, 0.717) is 29.1 Å². The second-order valence-electron chi connectivity index (χ2n) is 9.72. The molecule has 4 aromatic carbocycles. The monoisotopic (exact) mass is 504 g/mol. The van der Waals surface area contributed by atoms with Gasteiger partial charge in [-0.2, -0.15) is 0 Å². The van der Waals surface area contributed by atoms with Crippen LogP contribution in [0.2, 0.25) is 0 Å². The van der Waals surface area contributed by atoms with Gasteiger partial charge in [-0.25, -0.2) is 0 Å². The third kappa shape index (κ3) is 3.64. The van der Waals surface area contributed by atoms with Crippen LogP contribution in [-0.4, -0.2) is 31.1 Å². The highest BCUT2D eigenvalue weighted by molar-refractivity contribution is 6.14. The number of β-lactam (4-membered cyclic amide) rings is 1. The molecule has 190 valence electrons. The lowest BCUT2D eigenvalue weighted by atomic mass is 9.70. The highest BCUT2D eigenvalue weighted by Crippen LogP contribution is 2.55. The summed E-state index contributed by atoms with van der Waals surface area (Å²) in [5.41, 5.74) is 2.08. The van der Waals surface area contributed by atoms with Crippen molar-refractivity contribution >= 4 is 23.2 Å². The summed E-state index contributed by atoms with van der Waals surface area (Å²) in [5.74, 6) is 1.11. The normalized spacial score (nSPS) is 22.0. The maximum atomic E-state index is 13.9. The van der Waals surface area contributed by atoms with Crippen molar-refractivity contribution in [3.63, 3.8) is 0 Å². The van der Waals surface area contributed by atoms with Crippen molar-refractivity contribution in [2.75, 3.05) is 16.9 Å². The molecule has 2 heterocycles. The van der Waals surface area contributed by atoms with Gasteiger partial charge in [0.15, 0.2) is 0 Å². The minimum Gasteiger partial charge on any atom is -0.497 e. The molecule has 2 aliphatic heterocycles. The van der Waals surface area contributed by atoms with Crippen LogP contribution in [0, 0.1) is 0 Å². The summed E-state index contributed by atoms with van der Waals surface area (Å²) in [6, 6.07) is 33.8. The molecule has 0 saturated carbocycles. The third-order valence-corrected chi connectivity index (χ3v) is 7.53. The molecule has 3 atom stereocenters. The van der Waals surface area contributed by atoms with E-state index in [1.54, 1.807) is 7.11 Å². The molecule has 0 aliphatic carbocycles.